The van der Waals surface area contributed by atoms with E-state index in [4.69, 9.17) is 9.47 Å². The van der Waals surface area contributed by atoms with E-state index in [1.807, 2.05) is 48.1 Å². The largest absolute Gasteiger partial charge is 0.497 e. The van der Waals surface area contributed by atoms with Gasteiger partial charge in [-0.15, -0.1) is 0 Å². The molecule has 1 atom stereocenters. The Morgan fingerprint density at radius 1 is 1.10 bits per heavy atom. The van der Waals surface area contributed by atoms with Crippen LogP contribution in [0.2, 0.25) is 0 Å². The van der Waals surface area contributed by atoms with Gasteiger partial charge < -0.3 is 20.1 Å². The van der Waals surface area contributed by atoms with E-state index in [-0.39, 0.29) is 6.10 Å². The molecule has 7 nitrogen and oxygen atoms in total. The molecule has 0 fully saturated rings. The fraction of sp³-hybridized carbons (Fsp3) is 0.304. The normalized spacial score (nSPS) is 12.3. The number of benzene rings is 2. The molecule has 1 heterocycles. The van der Waals surface area contributed by atoms with Gasteiger partial charge in [0.2, 0.25) is 0 Å². The highest BCUT2D eigenvalue weighted by Crippen LogP contribution is 2.19. The summed E-state index contributed by atoms with van der Waals surface area (Å²) in [6, 6.07) is 17.9. The van der Waals surface area contributed by atoms with Crippen LogP contribution >= 0.6 is 0 Å². The summed E-state index contributed by atoms with van der Waals surface area (Å²) in [6.45, 7) is 3.43. The lowest BCUT2D eigenvalue weighted by Gasteiger charge is -2.18. The first-order chi connectivity index (χ1) is 14.7. The average molecular weight is 408 g/mol. The molecule has 0 amide bonds. The second-order valence-electron chi connectivity index (χ2n) is 6.85. The van der Waals surface area contributed by atoms with Crippen LogP contribution in [-0.4, -0.2) is 49.1 Å². The van der Waals surface area contributed by atoms with Gasteiger partial charge in [-0.2, -0.15) is 5.10 Å². The zero-order valence-electron chi connectivity index (χ0n) is 17.7. The maximum atomic E-state index is 5.93. The molecule has 30 heavy (non-hydrogen) atoms. The molecule has 1 aromatic heterocycles. The fourth-order valence-corrected chi connectivity index (χ4v) is 2.97. The van der Waals surface area contributed by atoms with Crippen molar-refractivity contribution in [2.45, 2.75) is 19.4 Å². The maximum Gasteiger partial charge on any atom is 0.191 e. The minimum atomic E-state index is -0.0227. The van der Waals surface area contributed by atoms with Gasteiger partial charge in [-0.05, 0) is 49.2 Å². The van der Waals surface area contributed by atoms with Gasteiger partial charge in [-0.1, -0.05) is 18.2 Å². The number of nitrogens with one attached hydrogen (secondary N) is 2. The molecule has 7 heteroatoms. The number of ether oxygens (including phenoxy) is 2. The van der Waals surface area contributed by atoms with Gasteiger partial charge >= 0.3 is 0 Å². The van der Waals surface area contributed by atoms with Gasteiger partial charge in [0.15, 0.2) is 5.96 Å². The van der Waals surface area contributed by atoms with Crippen molar-refractivity contribution in [3.63, 3.8) is 0 Å². The Morgan fingerprint density at radius 3 is 2.60 bits per heavy atom. The summed E-state index contributed by atoms with van der Waals surface area (Å²) in [5.74, 6) is 2.32. The first kappa shape index (κ1) is 21.2. The van der Waals surface area contributed by atoms with Crippen molar-refractivity contribution in [2.24, 2.45) is 4.99 Å². The zero-order valence-corrected chi connectivity index (χ0v) is 17.7. The third kappa shape index (κ3) is 6.27. The van der Waals surface area contributed by atoms with E-state index in [2.05, 4.69) is 45.0 Å². The summed E-state index contributed by atoms with van der Waals surface area (Å²) in [5.41, 5.74) is 2.31. The third-order valence-electron chi connectivity index (χ3n) is 4.57. The lowest BCUT2D eigenvalue weighted by atomic mass is 10.1. The lowest BCUT2D eigenvalue weighted by Crippen LogP contribution is -2.42. The summed E-state index contributed by atoms with van der Waals surface area (Å²) in [6.07, 6.45) is 4.59. The van der Waals surface area contributed by atoms with E-state index in [1.165, 1.54) is 5.56 Å². The van der Waals surface area contributed by atoms with Gasteiger partial charge in [0.25, 0.3) is 0 Å². The van der Waals surface area contributed by atoms with Crippen molar-refractivity contribution in [2.75, 3.05) is 27.2 Å². The van der Waals surface area contributed by atoms with E-state index < -0.39 is 0 Å². The maximum absolute atomic E-state index is 5.93. The van der Waals surface area contributed by atoms with E-state index >= 15 is 0 Å². The predicted molar refractivity (Wildman–Crippen MR) is 120 cm³/mol. The number of guanidine groups is 1. The van der Waals surface area contributed by atoms with Gasteiger partial charge in [-0.3, -0.25) is 4.99 Å². The molecule has 0 aliphatic heterocycles. The zero-order chi connectivity index (χ0) is 21.2. The number of hydrogen-bond donors (Lipinski definition) is 2. The number of aliphatic imine (C=N–C) groups is 1. The van der Waals surface area contributed by atoms with Gasteiger partial charge in [0, 0.05) is 32.1 Å². The number of hydrogen-bond acceptors (Lipinski definition) is 4. The van der Waals surface area contributed by atoms with Crippen LogP contribution < -0.4 is 20.1 Å². The Bertz CT molecular complexity index is 923. The smallest absolute Gasteiger partial charge is 0.191 e. The van der Waals surface area contributed by atoms with Crippen molar-refractivity contribution in [1.82, 2.24) is 20.4 Å². The van der Waals surface area contributed by atoms with Crippen LogP contribution in [0.1, 0.15) is 12.5 Å². The molecule has 0 aliphatic carbocycles. The van der Waals surface area contributed by atoms with Crippen LogP contribution in [0.3, 0.4) is 0 Å². The Balaban J connectivity index is 1.40. The van der Waals surface area contributed by atoms with Crippen LogP contribution in [0.15, 0.2) is 72.0 Å². The number of methoxy groups -OCH3 is 1. The molecule has 158 valence electrons. The Hall–Kier alpha value is -3.48. The highest BCUT2D eigenvalue weighted by molar-refractivity contribution is 5.79. The summed E-state index contributed by atoms with van der Waals surface area (Å²) < 4.78 is 13.0. The first-order valence-corrected chi connectivity index (χ1v) is 10.0. The molecule has 0 saturated heterocycles. The SMILES string of the molecule is CN=C(NCCc1ccc(-n2cccn2)cc1)NCC(C)Oc1cccc(OC)c1. The van der Waals surface area contributed by atoms with Crippen LogP contribution in [0.4, 0.5) is 0 Å². The molecule has 0 aliphatic rings. The molecule has 0 spiro atoms. The minimum Gasteiger partial charge on any atom is -0.497 e. The Morgan fingerprint density at radius 2 is 1.90 bits per heavy atom. The van der Waals surface area contributed by atoms with E-state index in [0.29, 0.717) is 6.54 Å². The second kappa shape index (κ2) is 10.9. The van der Waals surface area contributed by atoms with Gasteiger partial charge in [0.1, 0.15) is 17.6 Å². The number of rotatable bonds is 9. The van der Waals surface area contributed by atoms with E-state index in [9.17, 15) is 0 Å². The molecular weight excluding hydrogens is 378 g/mol. The molecule has 0 saturated carbocycles. The number of aromatic nitrogens is 2. The molecule has 2 aromatic carbocycles. The van der Waals surface area contributed by atoms with Crippen LogP contribution in [-0.2, 0) is 6.42 Å². The third-order valence-corrected chi connectivity index (χ3v) is 4.57. The van der Waals surface area contributed by atoms with Gasteiger partial charge in [-0.25, -0.2) is 4.68 Å². The highest BCUT2D eigenvalue weighted by atomic mass is 16.5. The second-order valence-corrected chi connectivity index (χ2v) is 6.85. The molecule has 1 unspecified atom stereocenters. The van der Waals surface area contributed by atoms with Crippen molar-refractivity contribution in [3.05, 3.63) is 72.6 Å². The summed E-state index contributed by atoms with van der Waals surface area (Å²) >= 11 is 0. The quantitative estimate of drug-likeness (QED) is 0.421. The van der Waals surface area contributed by atoms with Crippen LogP contribution in [0.5, 0.6) is 11.5 Å². The molecule has 3 rings (SSSR count). The van der Waals surface area contributed by atoms with Crippen molar-refractivity contribution >= 4 is 5.96 Å². The predicted octanol–water partition coefficient (Wildman–Crippen LogP) is 3.06. The Kier molecular flexibility index (Phi) is 7.71. The molecule has 3 aromatic rings. The van der Waals surface area contributed by atoms with E-state index in [0.717, 1.165) is 36.1 Å². The monoisotopic (exact) mass is 407 g/mol. The van der Waals surface area contributed by atoms with Crippen molar-refractivity contribution in [3.8, 4) is 17.2 Å². The molecular formula is C23H29N5O2. The van der Waals surface area contributed by atoms with E-state index in [1.54, 1.807) is 20.4 Å². The van der Waals surface area contributed by atoms with Crippen molar-refractivity contribution in [1.29, 1.82) is 0 Å². The summed E-state index contributed by atoms with van der Waals surface area (Å²) in [4.78, 5) is 4.28. The van der Waals surface area contributed by atoms with Crippen LogP contribution in [0.25, 0.3) is 5.69 Å². The van der Waals surface area contributed by atoms with Crippen molar-refractivity contribution < 1.29 is 9.47 Å². The summed E-state index contributed by atoms with van der Waals surface area (Å²) in [7, 11) is 3.41. The first-order valence-electron chi connectivity index (χ1n) is 10.0. The standard InChI is InChI=1S/C23H29N5O2/c1-18(30-22-7-4-6-21(16-22)29-3)17-26-23(24-2)25-14-12-19-8-10-20(11-9-19)28-15-5-13-27-28/h4-11,13,15-16,18H,12,14,17H2,1-3H3,(H2,24,25,26). The Labute approximate surface area is 177 Å². The fourth-order valence-electron chi connectivity index (χ4n) is 2.97. The molecule has 0 radical (unpaired) electrons. The topological polar surface area (TPSA) is 72.7 Å². The summed E-state index contributed by atoms with van der Waals surface area (Å²) in [5, 5.41) is 10.9. The highest BCUT2D eigenvalue weighted by Gasteiger charge is 2.07. The van der Waals surface area contributed by atoms with Gasteiger partial charge in [0.05, 0.1) is 19.3 Å². The van der Waals surface area contributed by atoms with Crippen LogP contribution in [0, 0.1) is 0 Å². The lowest BCUT2D eigenvalue weighted by molar-refractivity contribution is 0.223. The number of nitrogens with zero attached hydrogens (tertiary/aromatic N) is 3. The average Bonchev–Trinajstić information content (AvgIpc) is 3.31. The molecule has 0 bridgehead atoms. The molecule has 2 N–H and O–H groups in total. The minimum absolute atomic E-state index is 0.0227.